The van der Waals surface area contributed by atoms with Crippen molar-refractivity contribution in [1.29, 1.82) is 0 Å². The van der Waals surface area contributed by atoms with Crippen LogP contribution in [0.4, 0.5) is 0 Å². The van der Waals surface area contributed by atoms with Gasteiger partial charge in [0.1, 0.15) is 5.69 Å². The van der Waals surface area contributed by atoms with Gasteiger partial charge in [-0.3, -0.25) is 9.59 Å². The summed E-state index contributed by atoms with van der Waals surface area (Å²) in [6.45, 7) is 8.99. The van der Waals surface area contributed by atoms with E-state index in [0.29, 0.717) is 33.3 Å². The smallest absolute Gasteiger partial charge is 0.268 e. The molecule has 0 bridgehead atoms. The summed E-state index contributed by atoms with van der Waals surface area (Å²) < 4.78 is 28.6. The second-order valence-electron chi connectivity index (χ2n) is 13.0. The molecule has 1 fully saturated rings. The predicted molar refractivity (Wildman–Crippen MR) is 159 cm³/mol. The molecule has 8 heteroatoms. The van der Waals surface area contributed by atoms with Crippen LogP contribution >= 0.6 is 0 Å². The highest BCUT2D eigenvalue weighted by Crippen LogP contribution is 2.39. The third kappa shape index (κ3) is 6.50. The SMILES string of the molecule is Cn1c(C(=O)NCC(C)(C)O)cc(-c2ccc(S(=O)(=O)CC(C)(C)C)c3ccccc23)c1C(=O)C1CCCCC1. The number of nitrogens with zero attached hydrogens (tertiary/aromatic N) is 1. The highest BCUT2D eigenvalue weighted by atomic mass is 32.2. The average Bonchev–Trinajstić information content (AvgIpc) is 3.21. The van der Waals surface area contributed by atoms with Gasteiger partial charge in [-0.05, 0) is 55.2 Å². The zero-order chi connectivity index (χ0) is 29.5. The van der Waals surface area contributed by atoms with Crippen molar-refractivity contribution in [2.24, 2.45) is 18.4 Å². The molecule has 2 aromatic carbocycles. The molecule has 40 heavy (non-hydrogen) atoms. The van der Waals surface area contributed by atoms with Crippen molar-refractivity contribution >= 4 is 32.3 Å². The first-order valence-electron chi connectivity index (χ1n) is 14.1. The molecule has 1 aliphatic carbocycles. The van der Waals surface area contributed by atoms with E-state index in [2.05, 4.69) is 5.32 Å². The maximum atomic E-state index is 14.0. The molecule has 0 atom stereocenters. The largest absolute Gasteiger partial charge is 0.389 e. The average molecular weight is 567 g/mol. The fraction of sp³-hybridized carbons (Fsp3) is 0.500. The Kier molecular flexibility index (Phi) is 8.35. The molecule has 4 rings (SSSR count). The van der Waals surface area contributed by atoms with Crippen LogP contribution in [-0.4, -0.2) is 47.7 Å². The van der Waals surface area contributed by atoms with Gasteiger partial charge in [0.2, 0.25) is 0 Å². The molecular formula is C32H42N2O5S. The van der Waals surface area contributed by atoms with Gasteiger partial charge in [-0.1, -0.05) is 70.4 Å². The fourth-order valence-electron chi connectivity index (χ4n) is 5.69. The number of fused-ring (bicyclic) bond motifs is 1. The molecule has 3 aromatic rings. The molecular weight excluding hydrogens is 524 g/mol. The lowest BCUT2D eigenvalue weighted by Crippen LogP contribution is -2.38. The van der Waals surface area contributed by atoms with Gasteiger partial charge in [-0.2, -0.15) is 0 Å². The highest BCUT2D eigenvalue weighted by Gasteiger charge is 2.32. The van der Waals surface area contributed by atoms with Crippen LogP contribution in [0, 0.1) is 11.3 Å². The molecule has 1 amide bonds. The number of ketones is 1. The van der Waals surface area contributed by atoms with Crippen molar-refractivity contribution in [3.8, 4) is 11.1 Å². The highest BCUT2D eigenvalue weighted by molar-refractivity contribution is 7.91. The second-order valence-corrected chi connectivity index (χ2v) is 15.0. The molecule has 7 nitrogen and oxygen atoms in total. The van der Waals surface area contributed by atoms with E-state index >= 15 is 0 Å². The number of aliphatic hydroxyl groups is 1. The number of nitrogens with one attached hydrogen (secondary N) is 1. The van der Waals surface area contributed by atoms with E-state index in [1.165, 1.54) is 0 Å². The zero-order valence-corrected chi connectivity index (χ0v) is 25.3. The number of carbonyl (C=O) groups excluding carboxylic acids is 2. The van der Waals surface area contributed by atoms with Gasteiger partial charge in [-0.15, -0.1) is 0 Å². The Labute approximate surface area is 237 Å². The standard InChI is InChI=1S/C32H42N2O5S/c1-31(2,3)20-40(38,39)27-17-16-23(22-14-10-11-15-24(22)27)25-18-26(30(36)33-19-32(4,5)37)34(6)28(25)29(35)21-12-8-7-9-13-21/h10-11,14-18,21,37H,7-9,12-13,19-20H2,1-6H3,(H,33,36). The van der Waals surface area contributed by atoms with Crippen LogP contribution in [0.15, 0.2) is 47.4 Å². The summed E-state index contributed by atoms with van der Waals surface area (Å²) in [6.07, 6.45) is 4.74. The van der Waals surface area contributed by atoms with Crippen LogP contribution in [0.25, 0.3) is 21.9 Å². The van der Waals surface area contributed by atoms with Crippen LogP contribution in [-0.2, 0) is 16.9 Å². The summed E-state index contributed by atoms with van der Waals surface area (Å²) in [5.74, 6) is -0.494. The number of benzene rings is 2. The fourth-order valence-corrected chi connectivity index (χ4v) is 7.78. The number of hydrogen-bond acceptors (Lipinski definition) is 5. The Hall–Kier alpha value is -2.97. The number of hydrogen-bond donors (Lipinski definition) is 2. The van der Waals surface area contributed by atoms with Crippen LogP contribution in [0.5, 0.6) is 0 Å². The molecule has 0 radical (unpaired) electrons. The van der Waals surface area contributed by atoms with Crippen molar-refractivity contribution in [3.63, 3.8) is 0 Å². The Bertz CT molecular complexity index is 1530. The van der Waals surface area contributed by atoms with Gasteiger partial charge >= 0.3 is 0 Å². The third-order valence-corrected chi connectivity index (χ3v) is 9.76. The minimum absolute atomic E-state index is 0.00557. The molecule has 0 unspecified atom stereocenters. The van der Waals surface area contributed by atoms with E-state index in [4.69, 9.17) is 0 Å². The van der Waals surface area contributed by atoms with E-state index in [-0.39, 0.29) is 34.8 Å². The van der Waals surface area contributed by atoms with Crippen molar-refractivity contribution in [2.75, 3.05) is 12.3 Å². The lowest BCUT2D eigenvalue weighted by atomic mass is 9.84. The van der Waals surface area contributed by atoms with Gasteiger partial charge in [0, 0.05) is 30.5 Å². The summed E-state index contributed by atoms with van der Waals surface area (Å²) in [5, 5.41) is 14.2. The van der Waals surface area contributed by atoms with Gasteiger partial charge in [-0.25, -0.2) is 8.42 Å². The van der Waals surface area contributed by atoms with Crippen LogP contribution in [0.3, 0.4) is 0 Å². The van der Waals surface area contributed by atoms with E-state index in [1.807, 2.05) is 39.0 Å². The molecule has 1 aromatic heterocycles. The normalized spacial score (nSPS) is 15.4. The summed E-state index contributed by atoms with van der Waals surface area (Å²) in [4.78, 5) is 27.5. The maximum absolute atomic E-state index is 14.0. The number of sulfone groups is 1. The monoisotopic (exact) mass is 566 g/mol. The van der Waals surface area contributed by atoms with E-state index < -0.39 is 20.9 Å². The molecule has 0 spiro atoms. The Morgan fingerprint density at radius 2 is 1.57 bits per heavy atom. The van der Waals surface area contributed by atoms with Crippen molar-refractivity contribution < 1.29 is 23.1 Å². The lowest BCUT2D eigenvalue weighted by molar-refractivity contribution is 0.0689. The molecule has 0 aliphatic heterocycles. The summed E-state index contributed by atoms with van der Waals surface area (Å²) in [5.41, 5.74) is 0.588. The third-order valence-electron chi connectivity index (χ3n) is 7.49. The quantitative estimate of drug-likeness (QED) is 0.329. The maximum Gasteiger partial charge on any atom is 0.268 e. The van der Waals surface area contributed by atoms with E-state index in [0.717, 1.165) is 32.1 Å². The van der Waals surface area contributed by atoms with Gasteiger partial charge in [0.25, 0.3) is 5.91 Å². The summed E-state index contributed by atoms with van der Waals surface area (Å²) >= 11 is 0. The molecule has 2 N–H and O–H groups in total. The van der Waals surface area contributed by atoms with Gasteiger partial charge in [0.05, 0.1) is 21.9 Å². The number of carbonyl (C=O) groups is 2. The minimum atomic E-state index is -3.58. The Balaban J connectivity index is 1.91. The van der Waals surface area contributed by atoms with E-state index in [9.17, 15) is 23.1 Å². The molecule has 216 valence electrons. The van der Waals surface area contributed by atoms with Crippen LogP contribution < -0.4 is 5.32 Å². The van der Waals surface area contributed by atoms with Crippen molar-refractivity contribution in [3.05, 3.63) is 53.9 Å². The first kappa shape index (κ1) is 30.0. The van der Waals surface area contributed by atoms with Crippen molar-refractivity contribution in [2.45, 2.75) is 77.2 Å². The topological polar surface area (TPSA) is 105 Å². The zero-order valence-electron chi connectivity index (χ0n) is 24.5. The second kappa shape index (κ2) is 11.1. The van der Waals surface area contributed by atoms with Gasteiger partial charge < -0.3 is 15.0 Å². The molecule has 1 aliphatic rings. The number of Topliss-reactive ketones (excluding diaryl/α,β-unsaturated/α-hetero) is 1. The first-order valence-corrected chi connectivity index (χ1v) is 15.7. The predicted octanol–water partition coefficient (Wildman–Crippen LogP) is 5.93. The van der Waals surface area contributed by atoms with E-state index in [1.54, 1.807) is 49.7 Å². The number of rotatable bonds is 8. The molecule has 0 saturated heterocycles. The minimum Gasteiger partial charge on any atom is -0.389 e. The summed E-state index contributed by atoms with van der Waals surface area (Å²) in [6, 6.07) is 12.5. The van der Waals surface area contributed by atoms with Crippen LogP contribution in [0.1, 0.15) is 87.7 Å². The van der Waals surface area contributed by atoms with Gasteiger partial charge in [0.15, 0.2) is 15.6 Å². The molecule has 1 saturated carbocycles. The molecule has 1 heterocycles. The van der Waals surface area contributed by atoms with Crippen LogP contribution in [0.2, 0.25) is 0 Å². The lowest BCUT2D eigenvalue weighted by Gasteiger charge is -2.22. The summed E-state index contributed by atoms with van der Waals surface area (Å²) in [7, 11) is -1.86. The number of aromatic nitrogens is 1. The number of amides is 1. The first-order chi connectivity index (χ1) is 18.6. The Morgan fingerprint density at radius 1 is 0.950 bits per heavy atom. The Morgan fingerprint density at radius 3 is 2.17 bits per heavy atom. The van der Waals surface area contributed by atoms with Crippen molar-refractivity contribution in [1.82, 2.24) is 9.88 Å².